The Morgan fingerprint density at radius 2 is 1.81 bits per heavy atom. The predicted molar refractivity (Wildman–Crippen MR) is 95.8 cm³/mol. The van der Waals surface area contributed by atoms with Crippen LogP contribution in [0.25, 0.3) is 0 Å². The number of rotatable bonds is 8. The van der Waals surface area contributed by atoms with Crippen LogP contribution in [0.3, 0.4) is 0 Å². The SMILES string of the molecule is COCC(C)NC(=O)c1ccccc1OCC(=O)Nc1ccccc1F. The largest absolute Gasteiger partial charge is 0.483 e. The summed E-state index contributed by atoms with van der Waals surface area (Å²) in [5.41, 5.74) is 0.370. The third-order valence-electron chi connectivity index (χ3n) is 3.43. The van der Waals surface area contributed by atoms with E-state index in [1.807, 2.05) is 6.92 Å². The van der Waals surface area contributed by atoms with Crippen molar-refractivity contribution in [2.45, 2.75) is 13.0 Å². The number of nitrogens with one attached hydrogen (secondary N) is 2. The number of para-hydroxylation sites is 2. The zero-order valence-electron chi connectivity index (χ0n) is 14.6. The normalized spacial score (nSPS) is 11.5. The Bertz CT molecular complexity index is 767. The number of carbonyl (C=O) groups is 2. The summed E-state index contributed by atoms with van der Waals surface area (Å²) in [6.45, 7) is 1.83. The first-order valence-electron chi connectivity index (χ1n) is 8.07. The van der Waals surface area contributed by atoms with Gasteiger partial charge in [0.25, 0.3) is 11.8 Å². The molecule has 1 unspecified atom stereocenters. The lowest BCUT2D eigenvalue weighted by Gasteiger charge is -2.15. The van der Waals surface area contributed by atoms with Crippen LogP contribution in [0, 0.1) is 5.82 Å². The summed E-state index contributed by atoms with van der Waals surface area (Å²) < 4.78 is 24.0. The van der Waals surface area contributed by atoms with Crippen molar-refractivity contribution in [1.29, 1.82) is 0 Å². The van der Waals surface area contributed by atoms with Crippen LogP contribution in [-0.2, 0) is 9.53 Å². The molecular formula is C19H21FN2O4. The first kappa shape index (κ1) is 19.4. The summed E-state index contributed by atoms with van der Waals surface area (Å²) in [6.07, 6.45) is 0. The highest BCUT2D eigenvalue weighted by Crippen LogP contribution is 2.18. The molecule has 7 heteroatoms. The Kier molecular flexibility index (Phi) is 7.11. The van der Waals surface area contributed by atoms with E-state index in [4.69, 9.17) is 9.47 Å². The molecule has 0 radical (unpaired) electrons. The molecule has 2 aromatic rings. The number of benzene rings is 2. The maximum absolute atomic E-state index is 13.5. The molecule has 0 aromatic heterocycles. The molecule has 138 valence electrons. The van der Waals surface area contributed by atoms with Gasteiger partial charge in [0.05, 0.1) is 17.9 Å². The molecule has 0 aliphatic heterocycles. The minimum atomic E-state index is -0.534. The quantitative estimate of drug-likeness (QED) is 0.759. The van der Waals surface area contributed by atoms with E-state index < -0.39 is 11.7 Å². The smallest absolute Gasteiger partial charge is 0.262 e. The van der Waals surface area contributed by atoms with Gasteiger partial charge in [-0.15, -0.1) is 0 Å². The van der Waals surface area contributed by atoms with Gasteiger partial charge >= 0.3 is 0 Å². The van der Waals surface area contributed by atoms with Gasteiger partial charge in [-0.05, 0) is 31.2 Å². The lowest BCUT2D eigenvalue weighted by Crippen LogP contribution is -2.35. The van der Waals surface area contributed by atoms with Gasteiger partial charge in [-0.2, -0.15) is 0 Å². The van der Waals surface area contributed by atoms with Crippen molar-refractivity contribution in [3.05, 3.63) is 59.9 Å². The second-order valence-electron chi connectivity index (χ2n) is 5.64. The monoisotopic (exact) mass is 360 g/mol. The molecule has 2 N–H and O–H groups in total. The lowest BCUT2D eigenvalue weighted by molar-refractivity contribution is -0.118. The van der Waals surface area contributed by atoms with Crippen molar-refractivity contribution >= 4 is 17.5 Å². The van der Waals surface area contributed by atoms with Gasteiger partial charge in [0.2, 0.25) is 0 Å². The van der Waals surface area contributed by atoms with Gasteiger partial charge in [-0.3, -0.25) is 9.59 Å². The highest BCUT2D eigenvalue weighted by atomic mass is 19.1. The van der Waals surface area contributed by atoms with E-state index in [0.717, 1.165) is 0 Å². The van der Waals surface area contributed by atoms with Crippen molar-refractivity contribution in [3.63, 3.8) is 0 Å². The standard InChI is InChI=1S/C19H21FN2O4/c1-13(11-25-2)21-19(24)14-7-3-6-10-17(14)26-12-18(23)22-16-9-5-4-8-15(16)20/h3-10,13H,11-12H2,1-2H3,(H,21,24)(H,22,23). The number of anilines is 1. The molecule has 0 aliphatic carbocycles. The second kappa shape index (κ2) is 9.53. The number of ether oxygens (including phenoxy) is 2. The fraction of sp³-hybridized carbons (Fsp3) is 0.263. The van der Waals surface area contributed by atoms with Crippen molar-refractivity contribution in [1.82, 2.24) is 5.32 Å². The molecule has 26 heavy (non-hydrogen) atoms. The molecule has 0 bridgehead atoms. The fourth-order valence-corrected chi connectivity index (χ4v) is 2.27. The molecule has 6 nitrogen and oxygen atoms in total. The molecule has 1 atom stereocenters. The maximum Gasteiger partial charge on any atom is 0.262 e. The van der Waals surface area contributed by atoms with Crippen LogP contribution in [0.1, 0.15) is 17.3 Å². The predicted octanol–water partition coefficient (Wildman–Crippen LogP) is 2.61. The van der Waals surface area contributed by atoms with Crippen molar-refractivity contribution in [3.8, 4) is 5.75 Å². The summed E-state index contributed by atoms with van der Waals surface area (Å²) in [7, 11) is 1.55. The van der Waals surface area contributed by atoms with Crippen LogP contribution >= 0.6 is 0 Å². The van der Waals surface area contributed by atoms with Crippen LogP contribution in [0.5, 0.6) is 5.75 Å². The van der Waals surface area contributed by atoms with Gasteiger partial charge in [0.1, 0.15) is 11.6 Å². The van der Waals surface area contributed by atoms with Crippen molar-refractivity contribution in [2.24, 2.45) is 0 Å². The van der Waals surface area contributed by atoms with Crippen LogP contribution in [-0.4, -0.2) is 38.2 Å². The zero-order valence-corrected chi connectivity index (χ0v) is 14.6. The molecular weight excluding hydrogens is 339 g/mol. The van der Waals surface area contributed by atoms with Crippen molar-refractivity contribution in [2.75, 3.05) is 25.6 Å². The van der Waals surface area contributed by atoms with E-state index in [1.54, 1.807) is 37.4 Å². The van der Waals surface area contributed by atoms with Crippen LogP contribution in [0.4, 0.5) is 10.1 Å². The maximum atomic E-state index is 13.5. The Morgan fingerprint density at radius 1 is 1.12 bits per heavy atom. The summed E-state index contributed by atoms with van der Waals surface area (Å²) >= 11 is 0. The number of hydrogen-bond donors (Lipinski definition) is 2. The van der Waals surface area contributed by atoms with Crippen LogP contribution in [0.2, 0.25) is 0 Å². The Labute approximate surface area is 151 Å². The van der Waals surface area contributed by atoms with E-state index in [-0.39, 0.29) is 30.0 Å². The average molecular weight is 360 g/mol. The van der Waals surface area contributed by atoms with E-state index >= 15 is 0 Å². The highest BCUT2D eigenvalue weighted by Gasteiger charge is 2.15. The van der Waals surface area contributed by atoms with Gasteiger partial charge in [-0.1, -0.05) is 24.3 Å². The highest BCUT2D eigenvalue weighted by molar-refractivity contribution is 5.97. The van der Waals surface area contributed by atoms with E-state index in [9.17, 15) is 14.0 Å². The first-order chi connectivity index (χ1) is 12.5. The van der Waals surface area contributed by atoms with Crippen molar-refractivity contribution < 1.29 is 23.5 Å². The average Bonchev–Trinajstić information content (AvgIpc) is 2.62. The Balaban J connectivity index is 1.98. The van der Waals surface area contributed by atoms with Crippen LogP contribution < -0.4 is 15.4 Å². The third-order valence-corrected chi connectivity index (χ3v) is 3.43. The van der Waals surface area contributed by atoms with E-state index in [1.165, 1.54) is 18.2 Å². The minimum Gasteiger partial charge on any atom is -0.483 e. The minimum absolute atomic E-state index is 0.0699. The Hall–Kier alpha value is -2.93. The molecule has 2 amide bonds. The lowest BCUT2D eigenvalue weighted by atomic mass is 10.1. The van der Waals surface area contributed by atoms with Gasteiger partial charge in [-0.25, -0.2) is 4.39 Å². The molecule has 0 saturated heterocycles. The molecule has 0 fully saturated rings. The molecule has 0 saturated carbocycles. The molecule has 2 aromatic carbocycles. The fourth-order valence-electron chi connectivity index (χ4n) is 2.27. The number of hydrogen-bond acceptors (Lipinski definition) is 4. The summed E-state index contributed by atoms with van der Waals surface area (Å²) in [5.74, 6) is -1.14. The van der Waals surface area contributed by atoms with Gasteiger partial charge in [0.15, 0.2) is 6.61 Å². The topological polar surface area (TPSA) is 76.7 Å². The van der Waals surface area contributed by atoms with E-state index in [2.05, 4.69) is 10.6 Å². The van der Waals surface area contributed by atoms with Gasteiger partial charge in [0, 0.05) is 13.2 Å². The number of amides is 2. The molecule has 2 rings (SSSR count). The third kappa shape index (κ3) is 5.56. The zero-order chi connectivity index (χ0) is 18.9. The van der Waals surface area contributed by atoms with Crippen LogP contribution in [0.15, 0.2) is 48.5 Å². The number of carbonyl (C=O) groups excluding carboxylic acids is 2. The summed E-state index contributed by atoms with van der Waals surface area (Å²) in [4.78, 5) is 24.3. The molecule has 0 heterocycles. The molecule has 0 aliphatic rings. The Morgan fingerprint density at radius 3 is 2.54 bits per heavy atom. The summed E-state index contributed by atoms with van der Waals surface area (Å²) in [5, 5.41) is 5.20. The second-order valence-corrected chi connectivity index (χ2v) is 5.64. The van der Waals surface area contributed by atoms with E-state index in [0.29, 0.717) is 12.2 Å². The number of methoxy groups -OCH3 is 1. The number of halogens is 1. The summed E-state index contributed by atoms with van der Waals surface area (Å²) in [6, 6.07) is 12.2. The van der Waals surface area contributed by atoms with Gasteiger partial charge < -0.3 is 20.1 Å². The molecule has 0 spiro atoms. The first-order valence-corrected chi connectivity index (χ1v) is 8.07.